The Labute approximate surface area is 160 Å². The Morgan fingerprint density at radius 1 is 1.11 bits per heavy atom. The predicted molar refractivity (Wildman–Crippen MR) is 101 cm³/mol. The van der Waals surface area contributed by atoms with Gasteiger partial charge in [-0.25, -0.2) is 0 Å². The highest BCUT2D eigenvalue weighted by Gasteiger charge is 2.19. The van der Waals surface area contributed by atoms with Crippen LogP contribution in [0.1, 0.15) is 27.0 Å². The molecule has 138 valence electrons. The molecule has 27 heavy (non-hydrogen) atoms. The second-order valence-corrected chi connectivity index (χ2v) is 7.34. The maximum atomic E-state index is 12.6. The molecule has 7 nitrogen and oxygen atoms in total. The number of carbonyl (C=O) groups excluding carboxylic acids is 1. The van der Waals surface area contributed by atoms with Crippen LogP contribution in [-0.4, -0.2) is 38.5 Å². The molecule has 0 atom stereocenters. The zero-order valence-corrected chi connectivity index (χ0v) is 16.0. The third-order valence-corrected chi connectivity index (χ3v) is 5.23. The minimum Gasteiger partial charge on any atom is -0.454 e. The number of ketones is 1. The molecule has 0 amide bonds. The standard InChI is InChI=1S/C19H18N4O3S/c1-11-6-12(2)18(13(3)7-11)23-19(20-21-22-23)27-9-15(24)14-4-5-16-17(8-14)26-10-25-16/h4-8H,9-10H2,1-3H3. The lowest BCUT2D eigenvalue weighted by Gasteiger charge is -2.12. The van der Waals surface area contributed by atoms with Crippen molar-refractivity contribution in [3.63, 3.8) is 0 Å². The molecule has 3 aromatic rings. The van der Waals surface area contributed by atoms with Crippen LogP contribution >= 0.6 is 11.8 Å². The molecule has 0 unspecified atom stereocenters. The minimum absolute atomic E-state index is 0.0230. The van der Waals surface area contributed by atoms with Gasteiger partial charge in [0.05, 0.1) is 11.4 Å². The average molecular weight is 382 g/mol. The number of thioether (sulfide) groups is 1. The van der Waals surface area contributed by atoms with Crippen LogP contribution in [0.4, 0.5) is 0 Å². The van der Waals surface area contributed by atoms with Crippen LogP contribution in [0.2, 0.25) is 0 Å². The Morgan fingerprint density at radius 3 is 2.63 bits per heavy atom. The summed E-state index contributed by atoms with van der Waals surface area (Å²) in [5, 5.41) is 12.6. The number of nitrogens with zero attached hydrogens (tertiary/aromatic N) is 4. The molecule has 2 aromatic carbocycles. The third kappa shape index (κ3) is 3.40. The van der Waals surface area contributed by atoms with E-state index in [0.717, 1.165) is 16.8 Å². The van der Waals surface area contributed by atoms with E-state index in [1.54, 1.807) is 22.9 Å². The first-order chi connectivity index (χ1) is 13.0. The van der Waals surface area contributed by atoms with E-state index < -0.39 is 0 Å². The van der Waals surface area contributed by atoms with E-state index in [4.69, 9.17) is 9.47 Å². The number of aryl methyl sites for hydroxylation is 3. The number of aromatic nitrogens is 4. The van der Waals surface area contributed by atoms with Gasteiger partial charge in [-0.2, -0.15) is 4.68 Å². The molecule has 1 aliphatic heterocycles. The molecule has 0 bridgehead atoms. The Balaban J connectivity index is 1.54. The summed E-state index contributed by atoms with van der Waals surface area (Å²) >= 11 is 1.31. The summed E-state index contributed by atoms with van der Waals surface area (Å²) in [7, 11) is 0. The Kier molecular flexibility index (Phi) is 4.57. The Morgan fingerprint density at radius 2 is 1.85 bits per heavy atom. The van der Waals surface area contributed by atoms with E-state index in [1.165, 1.54) is 17.3 Å². The molecule has 0 aliphatic carbocycles. The van der Waals surface area contributed by atoms with Crippen molar-refractivity contribution in [1.82, 2.24) is 20.2 Å². The number of tetrazole rings is 1. The minimum atomic E-state index is -0.0230. The SMILES string of the molecule is Cc1cc(C)c(-n2nnnc2SCC(=O)c2ccc3c(c2)OCO3)c(C)c1. The van der Waals surface area contributed by atoms with Gasteiger partial charge < -0.3 is 9.47 Å². The lowest BCUT2D eigenvalue weighted by molar-refractivity contribution is 0.102. The largest absolute Gasteiger partial charge is 0.454 e. The van der Waals surface area contributed by atoms with Gasteiger partial charge >= 0.3 is 0 Å². The van der Waals surface area contributed by atoms with Crippen molar-refractivity contribution in [3.8, 4) is 17.2 Å². The van der Waals surface area contributed by atoms with Crippen LogP contribution in [0.25, 0.3) is 5.69 Å². The van der Waals surface area contributed by atoms with E-state index in [9.17, 15) is 4.79 Å². The van der Waals surface area contributed by atoms with Gasteiger partial charge in [-0.05, 0) is 60.5 Å². The fourth-order valence-electron chi connectivity index (χ4n) is 3.20. The topological polar surface area (TPSA) is 79.1 Å². The van der Waals surface area contributed by atoms with Gasteiger partial charge in [-0.1, -0.05) is 29.5 Å². The molecule has 2 heterocycles. The lowest BCUT2D eigenvalue weighted by atomic mass is 10.1. The highest BCUT2D eigenvalue weighted by atomic mass is 32.2. The van der Waals surface area contributed by atoms with Gasteiger partial charge in [0.25, 0.3) is 0 Å². The number of hydrogen-bond donors (Lipinski definition) is 0. The summed E-state index contributed by atoms with van der Waals surface area (Å²) in [5.41, 5.74) is 4.89. The molecule has 4 rings (SSSR count). The van der Waals surface area contributed by atoms with Crippen LogP contribution in [-0.2, 0) is 0 Å². The molecule has 0 saturated carbocycles. The molecule has 1 aliphatic rings. The van der Waals surface area contributed by atoms with Crippen molar-refractivity contribution in [2.24, 2.45) is 0 Å². The van der Waals surface area contributed by atoms with Gasteiger partial charge in [-0.15, -0.1) is 5.10 Å². The van der Waals surface area contributed by atoms with Crippen LogP contribution in [0.3, 0.4) is 0 Å². The van der Waals surface area contributed by atoms with Crippen molar-refractivity contribution in [3.05, 3.63) is 52.6 Å². The zero-order valence-electron chi connectivity index (χ0n) is 15.2. The normalized spacial score (nSPS) is 12.4. The fourth-order valence-corrected chi connectivity index (χ4v) is 3.97. The van der Waals surface area contributed by atoms with Crippen molar-refractivity contribution >= 4 is 17.5 Å². The van der Waals surface area contributed by atoms with Gasteiger partial charge in [0.1, 0.15) is 0 Å². The van der Waals surface area contributed by atoms with Gasteiger partial charge in [-0.3, -0.25) is 4.79 Å². The van der Waals surface area contributed by atoms with E-state index in [2.05, 4.69) is 34.6 Å². The number of carbonyl (C=O) groups is 1. The first-order valence-corrected chi connectivity index (χ1v) is 9.44. The van der Waals surface area contributed by atoms with Crippen molar-refractivity contribution in [2.45, 2.75) is 25.9 Å². The highest BCUT2D eigenvalue weighted by molar-refractivity contribution is 7.99. The average Bonchev–Trinajstić information content (AvgIpc) is 3.27. The molecule has 0 N–H and O–H groups in total. The third-order valence-electron chi connectivity index (χ3n) is 4.32. The number of hydrogen-bond acceptors (Lipinski definition) is 7. The smallest absolute Gasteiger partial charge is 0.231 e. The first-order valence-electron chi connectivity index (χ1n) is 8.45. The number of rotatable bonds is 5. The van der Waals surface area contributed by atoms with Crippen molar-refractivity contribution < 1.29 is 14.3 Å². The van der Waals surface area contributed by atoms with Gasteiger partial charge in [0, 0.05) is 5.56 Å². The van der Waals surface area contributed by atoms with Crippen LogP contribution in [0, 0.1) is 20.8 Å². The van der Waals surface area contributed by atoms with E-state index in [-0.39, 0.29) is 18.3 Å². The fraction of sp³-hybridized carbons (Fsp3) is 0.263. The molecule has 8 heteroatoms. The molecule has 0 radical (unpaired) electrons. The van der Waals surface area contributed by atoms with E-state index >= 15 is 0 Å². The predicted octanol–water partition coefficient (Wildman–Crippen LogP) is 3.29. The summed E-state index contributed by atoms with van der Waals surface area (Å²) in [5.74, 6) is 1.46. The lowest BCUT2D eigenvalue weighted by Crippen LogP contribution is -2.07. The van der Waals surface area contributed by atoms with Gasteiger partial charge in [0.2, 0.25) is 11.9 Å². The van der Waals surface area contributed by atoms with Crippen LogP contribution < -0.4 is 9.47 Å². The molecule has 0 spiro atoms. The molecular weight excluding hydrogens is 364 g/mol. The Bertz CT molecular complexity index is 1010. The van der Waals surface area contributed by atoms with Crippen molar-refractivity contribution in [2.75, 3.05) is 12.5 Å². The van der Waals surface area contributed by atoms with E-state index in [0.29, 0.717) is 22.2 Å². The van der Waals surface area contributed by atoms with Crippen LogP contribution in [0.5, 0.6) is 11.5 Å². The summed E-state index contributed by atoms with van der Waals surface area (Å²) in [6.07, 6.45) is 0. The molecular formula is C19H18N4O3S. The summed E-state index contributed by atoms with van der Waals surface area (Å²) in [4.78, 5) is 12.6. The first kappa shape index (κ1) is 17.5. The summed E-state index contributed by atoms with van der Waals surface area (Å²) in [6, 6.07) is 9.39. The number of ether oxygens (including phenoxy) is 2. The quantitative estimate of drug-likeness (QED) is 0.495. The van der Waals surface area contributed by atoms with Crippen LogP contribution in [0.15, 0.2) is 35.5 Å². The maximum absolute atomic E-state index is 12.6. The van der Waals surface area contributed by atoms with Crippen molar-refractivity contribution in [1.29, 1.82) is 0 Å². The number of fused-ring (bicyclic) bond motifs is 1. The highest BCUT2D eigenvalue weighted by Crippen LogP contribution is 2.33. The second-order valence-electron chi connectivity index (χ2n) is 6.40. The van der Waals surface area contributed by atoms with Gasteiger partial charge in [0.15, 0.2) is 17.3 Å². The zero-order chi connectivity index (χ0) is 19.0. The summed E-state index contributed by atoms with van der Waals surface area (Å²) < 4.78 is 12.3. The monoisotopic (exact) mass is 382 g/mol. The second kappa shape index (κ2) is 7.03. The Hall–Kier alpha value is -2.87. The number of benzene rings is 2. The molecule has 1 aromatic heterocycles. The number of Topliss-reactive ketones (excluding diaryl/α,β-unsaturated/α-hetero) is 1. The maximum Gasteiger partial charge on any atom is 0.231 e. The molecule has 0 saturated heterocycles. The van der Waals surface area contributed by atoms with E-state index in [1.807, 2.05) is 13.8 Å². The summed E-state index contributed by atoms with van der Waals surface area (Å²) in [6.45, 7) is 6.31. The molecule has 0 fully saturated rings.